The molecule has 0 fully saturated rings. The number of carbonyl (C=O) groups is 1. The molecule has 0 saturated heterocycles. The van der Waals surface area contributed by atoms with Crippen molar-refractivity contribution >= 4 is 35.6 Å². The number of hydrogen-bond acceptors (Lipinski definition) is 7. The number of rotatable bonds is 7. The van der Waals surface area contributed by atoms with E-state index in [1.807, 2.05) is 26.0 Å². The van der Waals surface area contributed by atoms with Crippen molar-refractivity contribution in [2.75, 3.05) is 23.0 Å². The second-order valence-electron chi connectivity index (χ2n) is 8.08. The summed E-state index contributed by atoms with van der Waals surface area (Å²) in [6, 6.07) is 14.4. The number of aromatic nitrogens is 3. The van der Waals surface area contributed by atoms with Crippen LogP contribution in [0.5, 0.6) is 0 Å². The molecule has 0 atom stereocenters. The van der Waals surface area contributed by atoms with Gasteiger partial charge in [-0.15, -0.1) is 0 Å². The third-order valence-corrected chi connectivity index (χ3v) is 5.31. The number of nitrogens with one attached hydrogen (secondary N) is 4. The van der Waals surface area contributed by atoms with Crippen molar-refractivity contribution in [1.82, 2.24) is 15.0 Å². The Bertz CT molecular complexity index is 1410. The number of alkyl halides is 3. The molecule has 0 spiro atoms. The third kappa shape index (κ3) is 7.12. The van der Waals surface area contributed by atoms with Gasteiger partial charge in [-0.2, -0.15) is 13.2 Å². The van der Waals surface area contributed by atoms with Crippen LogP contribution in [-0.4, -0.2) is 34.6 Å². The first-order chi connectivity index (χ1) is 18.2. The van der Waals surface area contributed by atoms with Crippen molar-refractivity contribution in [2.24, 2.45) is 0 Å². The molecule has 0 aliphatic rings. The van der Waals surface area contributed by atoms with Gasteiger partial charge in [-0.1, -0.05) is 18.2 Å². The van der Waals surface area contributed by atoms with Crippen LogP contribution < -0.4 is 16.0 Å². The smallest absolute Gasteiger partial charge is 0.372 e. The summed E-state index contributed by atoms with van der Waals surface area (Å²) in [4.78, 5) is 23.2. The molecular formula is C27H26F3N7O. The van der Waals surface area contributed by atoms with Crippen LogP contribution >= 0.6 is 0 Å². The molecule has 8 nitrogen and oxygen atoms in total. The average molecular weight is 522 g/mol. The highest BCUT2D eigenvalue weighted by Gasteiger charge is 2.30. The monoisotopic (exact) mass is 521 g/mol. The number of anilines is 4. The molecule has 2 heterocycles. The minimum absolute atomic E-state index is 0.129. The lowest BCUT2D eigenvalue weighted by Crippen LogP contribution is -2.08. The van der Waals surface area contributed by atoms with E-state index in [1.165, 1.54) is 18.3 Å². The molecule has 4 aromatic rings. The van der Waals surface area contributed by atoms with E-state index >= 15 is 0 Å². The minimum Gasteiger partial charge on any atom is -0.372 e. The van der Waals surface area contributed by atoms with E-state index in [2.05, 4.69) is 49.1 Å². The second-order valence-corrected chi connectivity index (χ2v) is 8.08. The molecule has 11 heteroatoms. The topological polar surface area (TPSA) is 116 Å². The third-order valence-electron chi connectivity index (χ3n) is 5.31. The highest BCUT2D eigenvalue weighted by molar-refractivity contribution is 5.92. The van der Waals surface area contributed by atoms with Crippen molar-refractivity contribution in [3.8, 4) is 11.4 Å². The van der Waals surface area contributed by atoms with Crippen molar-refractivity contribution in [2.45, 2.75) is 20.0 Å². The van der Waals surface area contributed by atoms with Crippen LogP contribution in [0, 0.1) is 19.3 Å². The van der Waals surface area contributed by atoms with Gasteiger partial charge >= 0.3 is 6.18 Å². The minimum atomic E-state index is -4.37. The van der Waals surface area contributed by atoms with Gasteiger partial charge in [0.05, 0.1) is 11.1 Å². The molecule has 38 heavy (non-hydrogen) atoms. The Morgan fingerprint density at radius 3 is 2.37 bits per heavy atom. The molecule has 4 N–H and O–H groups in total. The van der Waals surface area contributed by atoms with Crippen LogP contribution in [0.2, 0.25) is 0 Å². The van der Waals surface area contributed by atoms with E-state index in [1.54, 1.807) is 19.4 Å². The summed E-state index contributed by atoms with van der Waals surface area (Å²) in [5, 5.41) is 16.3. The number of halogens is 3. The van der Waals surface area contributed by atoms with E-state index in [4.69, 9.17) is 5.41 Å². The second kappa shape index (κ2) is 12.4. The molecule has 196 valence electrons. The normalized spacial score (nSPS) is 10.6. The summed E-state index contributed by atoms with van der Waals surface area (Å²) in [6.45, 7) is 4.08. The van der Waals surface area contributed by atoms with Gasteiger partial charge in [-0.25, -0.2) is 9.97 Å². The van der Waals surface area contributed by atoms with Gasteiger partial charge < -0.3 is 21.4 Å². The van der Waals surface area contributed by atoms with Crippen LogP contribution in [0.4, 0.5) is 36.2 Å². The average Bonchev–Trinajstić information content (AvgIpc) is 2.91. The summed E-state index contributed by atoms with van der Waals surface area (Å²) in [7, 11) is 1.78. The zero-order chi connectivity index (χ0) is 27.7. The van der Waals surface area contributed by atoms with Crippen molar-refractivity contribution in [3.63, 3.8) is 0 Å². The molecule has 0 aliphatic heterocycles. The summed E-state index contributed by atoms with van der Waals surface area (Å²) in [5.74, 6) is 1.73. The Morgan fingerprint density at radius 1 is 0.974 bits per heavy atom. The predicted octanol–water partition coefficient (Wildman–Crippen LogP) is 6.21. The summed E-state index contributed by atoms with van der Waals surface area (Å²) in [6.07, 6.45) is 0.645. The van der Waals surface area contributed by atoms with Gasteiger partial charge in [0.1, 0.15) is 11.6 Å². The predicted molar refractivity (Wildman–Crippen MR) is 143 cm³/mol. The fourth-order valence-corrected chi connectivity index (χ4v) is 3.37. The zero-order valence-corrected chi connectivity index (χ0v) is 20.9. The SMILES string of the molecule is CNc1nc(-c2cccnc2)nc(Nc2cc(C)ccc2C)c1C=N.O=CNc1cccc(C(F)(F)F)c1. The molecular weight excluding hydrogens is 495 g/mol. The van der Waals surface area contributed by atoms with Gasteiger partial charge in [0.15, 0.2) is 5.82 Å². The first-order valence-corrected chi connectivity index (χ1v) is 11.4. The maximum absolute atomic E-state index is 12.1. The first kappa shape index (κ1) is 27.8. The number of benzene rings is 2. The molecule has 0 bridgehead atoms. The van der Waals surface area contributed by atoms with Crippen LogP contribution in [0.1, 0.15) is 22.3 Å². The van der Waals surface area contributed by atoms with Gasteiger partial charge in [0, 0.05) is 42.6 Å². The first-order valence-electron chi connectivity index (χ1n) is 11.4. The highest BCUT2D eigenvalue weighted by Crippen LogP contribution is 2.31. The number of aryl methyl sites for hydroxylation is 2. The molecule has 2 aromatic carbocycles. The lowest BCUT2D eigenvalue weighted by atomic mass is 10.1. The highest BCUT2D eigenvalue weighted by atomic mass is 19.4. The lowest BCUT2D eigenvalue weighted by molar-refractivity contribution is -0.137. The maximum Gasteiger partial charge on any atom is 0.416 e. The fourth-order valence-electron chi connectivity index (χ4n) is 3.37. The molecule has 2 aromatic heterocycles. The maximum atomic E-state index is 12.1. The summed E-state index contributed by atoms with van der Waals surface area (Å²) in [5.41, 5.74) is 4.00. The Kier molecular flexibility index (Phi) is 9.09. The number of nitrogens with zero attached hydrogens (tertiary/aromatic N) is 3. The number of pyridine rings is 1. The number of amides is 1. The van der Waals surface area contributed by atoms with E-state index in [9.17, 15) is 18.0 Å². The van der Waals surface area contributed by atoms with E-state index in [0.29, 0.717) is 29.4 Å². The molecule has 0 unspecified atom stereocenters. The lowest BCUT2D eigenvalue weighted by Gasteiger charge is -2.15. The Hall–Kier alpha value is -4.80. The van der Waals surface area contributed by atoms with Gasteiger partial charge in [-0.05, 0) is 61.4 Å². The van der Waals surface area contributed by atoms with Gasteiger partial charge in [0.2, 0.25) is 6.41 Å². The standard InChI is InChI=1S/C19H20N6.C8H6F3NO/c1-12-6-7-13(2)16(9-12)23-19-15(10-20)18(21-3)24-17(25-19)14-5-4-8-22-11-14;9-8(10,11)6-2-1-3-7(4-6)12-5-13/h4-11,20H,1-3H3,(H2,21,23,24,25);1-5H,(H,12,13). The van der Waals surface area contributed by atoms with Crippen LogP contribution in [0.3, 0.4) is 0 Å². The largest absolute Gasteiger partial charge is 0.416 e. The fraction of sp³-hybridized carbons (Fsp3) is 0.148. The molecule has 4 rings (SSSR count). The van der Waals surface area contributed by atoms with Crippen molar-refractivity contribution < 1.29 is 18.0 Å². The van der Waals surface area contributed by atoms with Crippen LogP contribution in [-0.2, 0) is 11.0 Å². The number of hydrogen-bond donors (Lipinski definition) is 4. The Morgan fingerprint density at radius 2 is 1.74 bits per heavy atom. The van der Waals surface area contributed by atoms with Gasteiger partial charge in [-0.3, -0.25) is 9.78 Å². The Labute approximate surface area is 217 Å². The molecule has 0 aliphatic carbocycles. The summed E-state index contributed by atoms with van der Waals surface area (Å²) < 4.78 is 36.3. The molecule has 0 radical (unpaired) electrons. The van der Waals surface area contributed by atoms with Crippen LogP contribution in [0.15, 0.2) is 67.0 Å². The van der Waals surface area contributed by atoms with E-state index in [0.717, 1.165) is 34.5 Å². The van der Waals surface area contributed by atoms with Gasteiger partial charge in [0.25, 0.3) is 0 Å². The van der Waals surface area contributed by atoms with E-state index < -0.39 is 11.7 Å². The van der Waals surface area contributed by atoms with Crippen LogP contribution in [0.25, 0.3) is 11.4 Å². The van der Waals surface area contributed by atoms with Crippen molar-refractivity contribution in [3.05, 3.63) is 89.2 Å². The van der Waals surface area contributed by atoms with Crippen molar-refractivity contribution in [1.29, 1.82) is 5.41 Å². The van der Waals surface area contributed by atoms with E-state index in [-0.39, 0.29) is 5.69 Å². The zero-order valence-electron chi connectivity index (χ0n) is 20.9. The molecule has 1 amide bonds. The summed E-state index contributed by atoms with van der Waals surface area (Å²) >= 11 is 0. The molecule has 0 saturated carbocycles. The number of carbonyl (C=O) groups excluding carboxylic acids is 1. The quantitative estimate of drug-likeness (QED) is 0.170. The Balaban J connectivity index is 0.000000260.